The number of phosphoric ester groups is 1. The summed E-state index contributed by atoms with van der Waals surface area (Å²) in [6.45, 7) is 2.30. The van der Waals surface area contributed by atoms with E-state index in [-0.39, 0.29) is 12.8 Å². The Hall–Kier alpha value is -1.15. The number of hydrogen-bond acceptors (Lipinski definition) is 12. The normalized spacial score (nSPS) is 30.9. The van der Waals surface area contributed by atoms with E-state index in [2.05, 4.69) is 4.52 Å². The highest BCUT2D eigenvalue weighted by Gasteiger charge is 2.51. The van der Waals surface area contributed by atoms with Gasteiger partial charge in [0.25, 0.3) is 0 Å². The lowest BCUT2D eigenvalue weighted by molar-refractivity contribution is -0.220. The predicted molar refractivity (Wildman–Crippen MR) is 106 cm³/mol. The van der Waals surface area contributed by atoms with E-state index in [4.69, 9.17) is 14.0 Å². The molecule has 0 bridgehead atoms. The van der Waals surface area contributed by atoms with Crippen LogP contribution >= 0.6 is 7.82 Å². The van der Waals surface area contributed by atoms with E-state index in [9.17, 15) is 44.6 Å². The minimum Gasteiger partial charge on any atom is -0.462 e. The smallest absolute Gasteiger partial charge is 0.462 e. The summed E-state index contributed by atoms with van der Waals surface area (Å²) >= 11 is 0. The second-order valence-corrected chi connectivity index (χ2v) is 8.80. The summed E-state index contributed by atoms with van der Waals surface area (Å²) in [5.41, 5.74) is 0. The highest BCUT2D eigenvalue weighted by molar-refractivity contribution is 7.47. The molecule has 1 rings (SSSR count). The van der Waals surface area contributed by atoms with Gasteiger partial charge in [-0.25, -0.2) is 4.57 Å². The van der Waals surface area contributed by atoms with Crippen LogP contribution in [0.3, 0.4) is 0 Å². The van der Waals surface area contributed by atoms with Crippen LogP contribution in [-0.2, 0) is 32.7 Å². The zero-order chi connectivity index (χ0) is 24.5. The molecule has 1 aliphatic carbocycles. The molecule has 6 unspecified atom stereocenters. The fourth-order valence-corrected chi connectivity index (χ4v) is 3.82. The molecule has 1 aliphatic rings. The van der Waals surface area contributed by atoms with Crippen molar-refractivity contribution in [3.8, 4) is 0 Å². The average Bonchev–Trinajstić information content (AvgIpc) is 2.75. The molecule has 0 spiro atoms. The molecule has 13 nitrogen and oxygen atoms in total. The van der Waals surface area contributed by atoms with Gasteiger partial charge in [0.2, 0.25) is 0 Å². The van der Waals surface area contributed by atoms with Crippen LogP contribution in [0.2, 0.25) is 0 Å². The Balaban J connectivity index is 2.74. The number of aliphatic hydroxyl groups is 5. The molecule has 0 aromatic carbocycles. The zero-order valence-electron chi connectivity index (χ0n) is 18.0. The lowest BCUT2D eigenvalue weighted by Crippen LogP contribution is -2.64. The van der Waals surface area contributed by atoms with E-state index < -0.39 is 75.7 Å². The molecule has 32 heavy (non-hydrogen) atoms. The fraction of sp³-hybridized carbons (Fsp3) is 0.889. The molecular weight excluding hydrogens is 455 g/mol. The van der Waals surface area contributed by atoms with Crippen molar-refractivity contribution in [2.75, 3.05) is 13.2 Å². The minimum atomic E-state index is -5.04. The van der Waals surface area contributed by atoms with Crippen LogP contribution in [0.25, 0.3) is 0 Å². The quantitative estimate of drug-likeness (QED) is 0.102. The third-order valence-corrected chi connectivity index (χ3v) is 5.74. The monoisotopic (exact) mass is 488 g/mol. The van der Waals surface area contributed by atoms with Gasteiger partial charge in [0.05, 0.1) is 6.61 Å². The van der Waals surface area contributed by atoms with Crippen molar-refractivity contribution in [2.24, 2.45) is 0 Å². The Kier molecular flexibility index (Phi) is 12.2. The van der Waals surface area contributed by atoms with Crippen LogP contribution in [0.5, 0.6) is 0 Å². The Morgan fingerprint density at radius 1 is 0.875 bits per heavy atom. The third kappa shape index (κ3) is 9.00. The Bertz CT molecular complexity index is 628. The highest BCUT2D eigenvalue weighted by atomic mass is 31.2. The molecular formula is C18H33O13P. The first-order chi connectivity index (χ1) is 14.9. The maximum absolute atomic E-state index is 12.3. The lowest BCUT2D eigenvalue weighted by atomic mass is 9.85. The first kappa shape index (κ1) is 28.9. The van der Waals surface area contributed by atoms with E-state index in [0.29, 0.717) is 6.42 Å². The SMILES string of the molecule is CCCCCC(=O)OC(COC(=O)CC)COP(=O)(O)OC1C(O)C(O)C(O)C(O)C1O. The minimum absolute atomic E-state index is 0.0492. The number of carbonyl (C=O) groups is 2. The first-order valence-corrected chi connectivity index (χ1v) is 11.8. The molecule has 0 aromatic heterocycles. The molecule has 0 aromatic rings. The molecule has 0 saturated heterocycles. The zero-order valence-corrected chi connectivity index (χ0v) is 18.9. The Morgan fingerprint density at radius 3 is 1.97 bits per heavy atom. The number of phosphoric acid groups is 1. The molecule has 6 N–H and O–H groups in total. The molecule has 0 heterocycles. The van der Waals surface area contributed by atoms with Gasteiger partial charge in [-0.3, -0.25) is 18.6 Å². The summed E-state index contributed by atoms with van der Waals surface area (Å²) in [5, 5.41) is 48.7. The molecule has 0 radical (unpaired) electrons. The van der Waals surface area contributed by atoms with Gasteiger partial charge in [0.15, 0.2) is 6.10 Å². The maximum Gasteiger partial charge on any atom is 0.472 e. The summed E-state index contributed by atoms with van der Waals surface area (Å²) in [6, 6.07) is 0. The molecule has 14 heteroatoms. The van der Waals surface area contributed by atoms with Gasteiger partial charge < -0.3 is 39.9 Å². The van der Waals surface area contributed by atoms with Crippen LogP contribution in [0.15, 0.2) is 0 Å². The number of ether oxygens (including phenoxy) is 2. The Morgan fingerprint density at radius 2 is 1.44 bits per heavy atom. The number of esters is 2. The van der Waals surface area contributed by atoms with E-state index in [0.717, 1.165) is 12.8 Å². The van der Waals surface area contributed by atoms with Crippen molar-refractivity contribution in [2.45, 2.75) is 88.7 Å². The van der Waals surface area contributed by atoms with Crippen molar-refractivity contribution in [1.29, 1.82) is 0 Å². The summed E-state index contributed by atoms with van der Waals surface area (Å²) in [7, 11) is -5.04. The van der Waals surface area contributed by atoms with Gasteiger partial charge >= 0.3 is 19.8 Å². The number of unbranched alkanes of at least 4 members (excludes halogenated alkanes) is 2. The number of carbonyl (C=O) groups excluding carboxylic acids is 2. The van der Waals surface area contributed by atoms with Crippen LogP contribution < -0.4 is 0 Å². The topological polar surface area (TPSA) is 210 Å². The number of rotatable bonds is 13. The van der Waals surface area contributed by atoms with E-state index in [1.807, 2.05) is 6.92 Å². The maximum atomic E-state index is 12.3. The van der Waals surface area contributed by atoms with Gasteiger partial charge in [0, 0.05) is 12.8 Å². The van der Waals surface area contributed by atoms with Crippen LogP contribution in [0.1, 0.15) is 46.0 Å². The summed E-state index contributed by atoms with van der Waals surface area (Å²) in [4.78, 5) is 33.3. The van der Waals surface area contributed by atoms with Gasteiger partial charge in [0.1, 0.15) is 43.2 Å². The molecule has 1 saturated carbocycles. The van der Waals surface area contributed by atoms with Crippen LogP contribution in [0.4, 0.5) is 0 Å². The molecule has 188 valence electrons. The standard InChI is InChI=1S/C18H33O13P/c1-3-5-6-7-12(20)30-10(8-28-11(19)4-2)9-29-32(26,27)31-18-16(24)14(22)13(21)15(23)17(18)25/h10,13-18,21-25H,3-9H2,1-2H3,(H,26,27). The molecule has 6 atom stereocenters. The molecule has 1 fully saturated rings. The van der Waals surface area contributed by atoms with Crippen LogP contribution in [-0.4, -0.2) is 98.3 Å². The van der Waals surface area contributed by atoms with Crippen molar-refractivity contribution in [1.82, 2.24) is 0 Å². The summed E-state index contributed by atoms with van der Waals surface area (Å²) in [6.07, 6.45) is -10.8. The van der Waals surface area contributed by atoms with E-state index >= 15 is 0 Å². The lowest BCUT2D eigenvalue weighted by Gasteiger charge is -2.41. The Labute approximate surface area is 185 Å². The van der Waals surface area contributed by atoms with Crippen molar-refractivity contribution >= 4 is 19.8 Å². The van der Waals surface area contributed by atoms with Gasteiger partial charge in [-0.05, 0) is 6.42 Å². The largest absolute Gasteiger partial charge is 0.472 e. The van der Waals surface area contributed by atoms with E-state index in [1.165, 1.54) is 0 Å². The third-order valence-electron chi connectivity index (χ3n) is 4.75. The second-order valence-electron chi connectivity index (χ2n) is 7.39. The fourth-order valence-electron chi connectivity index (χ4n) is 2.85. The van der Waals surface area contributed by atoms with Crippen molar-refractivity contribution in [3.05, 3.63) is 0 Å². The number of aliphatic hydroxyl groups excluding tert-OH is 5. The van der Waals surface area contributed by atoms with Gasteiger partial charge in [-0.15, -0.1) is 0 Å². The summed E-state index contributed by atoms with van der Waals surface area (Å²) in [5.74, 6) is -1.23. The average molecular weight is 488 g/mol. The van der Waals surface area contributed by atoms with E-state index in [1.54, 1.807) is 6.92 Å². The number of hydrogen-bond donors (Lipinski definition) is 6. The highest BCUT2D eigenvalue weighted by Crippen LogP contribution is 2.47. The van der Waals surface area contributed by atoms with Crippen LogP contribution in [0, 0.1) is 0 Å². The van der Waals surface area contributed by atoms with Gasteiger partial charge in [-0.1, -0.05) is 26.7 Å². The molecule has 0 aliphatic heterocycles. The first-order valence-electron chi connectivity index (χ1n) is 10.3. The van der Waals surface area contributed by atoms with Gasteiger partial charge in [-0.2, -0.15) is 0 Å². The summed E-state index contributed by atoms with van der Waals surface area (Å²) < 4.78 is 31.7. The van der Waals surface area contributed by atoms with Crippen molar-refractivity contribution < 1.29 is 63.1 Å². The molecule has 0 amide bonds. The second kappa shape index (κ2) is 13.5. The van der Waals surface area contributed by atoms with Crippen molar-refractivity contribution in [3.63, 3.8) is 0 Å². The predicted octanol–water partition coefficient (Wildman–Crippen LogP) is -1.25.